The number of hydrogen-bond donors (Lipinski definition) is 2. The summed E-state index contributed by atoms with van der Waals surface area (Å²) in [5.74, 6) is -0.770. The number of ether oxygens (including phenoxy) is 2. The highest BCUT2D eigenvalue weighted by Crippen LogP contribution is 2.32. The van der Waals surface area contributed by atoms with Gasteiger partial charge in [-0.3, -0.25) is 9.59 Å². The number of rotatable bonds is 7. The van der Waals surface area contributed by atoms with E-state index in [1.165, 1.54) is 29.2 Å². The van der Waals surface area contributed by atoms with Gasteiger partial charge in [0, 0.05) is 25.6 Å². The molecule has 1 unspecified atom stereocenters. The number of amides is 2. The molecule has 0 bridgehead atoms. The van der Waals surface area contributed by atoms with Gasteiger partial charge in [0.2, 0.25) is 21.8 Å². The van der Waals surface area contributed by atoms with Gasteiger partial charge < -0.3 is 20.1 Å². The van der Waals surface area contributed by atoms with E-state index in [-0.39, 0.29) is 36.6 Å². The third-order valence-corrected chi connectivity index (χ3v) is 7.09. The maximum Gasteiger partial charge on any atom is 0.241 e. The average molecular weight is 478 g/mol. The lowest BCUT2D eigenvalue weighted by molar-refractivity contribution is -0.134. The summed E-state index contributed by atoms with van der Waals surface area (Å²) < 4.78 is 53.4. The van der Waals surface area contributed by atoms with Crippen LogP contribution in [0.1, 0.15) is 24.0 Å². The summed E-state index contributed by atoms with van der Waals surface area (Å²) in [6, 6.07) is 7.61. The summed E-state index contributed by atoms with van der Waals surface area (Å²) >= 11 is 0. The first-order chi connectivity index (χ1) is 15.7. The second-order valence-corrected chi connectivity index (χ2v) is 9.59. The first-order valence-electron chi connectivity index (χ1n) is 10.5. The van der Waals surface area contributed by atoms with Crippen molar-refractivity contribution in [2.75, 3.05) is 19.8 Å². The third-order valence-electron chi connectivity index (χ3n) is 5.62. The molecule has 4 rings (SSSR count). The van der Waals surface area contributed by atoms with Crippen molar-refractivity contribution in [1.82, 2.24) is 9.62 Å². The lowest BCUT2D eigenvalue weighted by atomic mass is 9.98. The van der Waals surface area contributed by atoms with Crippen LogP contribution in [0.25, 0.3) is 0 Å². The van der Waals surface area contributed by atoms with Gasteiger partial charge in [-0.2, -0.15) is 4.72 Å². The van der Waals surface area contributed by atoms with Crippen molar-refractivity contribution in [3.05, 3.63) is 53.3 Å². The van der Waals surface area contributed by atoms with E-state index in [9.17, 15) is 22.4 Å². The Labute approximate surface area is 190 Å². The molecule has 0 aliphatic carbocycles. The number of nitrogens with zero attached hydrogens (tertiary/aromatic N) is 1. The lowest BCUT2D eigenvalue weighted by Crippen LogP contribution is -2.50. The molecule has 1 atom stereocenters. The van der Waals surface area contributed by atoms with Crippen molar-refractivity contribution in [2.45, 2.75) is 36.7 Å². The maximum absolute atomic E-state index is 14.0. The number of halogens is 1. The molecule has 0 aromatic heterocycles. The Balaban J connectivity index is 1.55. The zero-order chi connectivity index (χ0) is 23.6. The normalized spacial score (nSPS) is 16.1. The van der Waals surface area contributed by atoms with E-state index in [1.807, 2.05) is 0 Å². The Hall–Kier alpha value is -3.18. The Bertz CT molecular complexity index is 1190. The smallest absolute Gasteiger partial charge is 0.241 e. The first-order valence-corrected chi connectivity index (χ1v) is 12.0. The molecule has 2 aliphatic heterocycles. The molecule has 176 valence electrons. The van der Waals surface area contributed by atoms with E-state index in [1.54, 1.807) is 12.1 Å². The zero-order valence-corrected chi connectivity index (χ0v) is 18.6. The van der Waals surface area contributed by atoms with Crippen molar-refractivity contribution in [1.29, 1.82) is 0 Å². The van der Waals surface area contributed by atoms with Gasteiger partial charge >= 0.3 is 0 Å². The molecule has 33 heavy (non-hydrogen) atoms. The Kier molecular flexibility index (Phi) is 6.52. The van der Waals surface area contributed by atoms with E-state index in [2.05, 4.69) is 4.72 Å². The Morgan fingerprint density at radius 1 is 1.15 bits per heavy atom. The third kappa shape index (κ3) is 5.09. The highest BCUT2D eigenvalue weighted by molar-refractivity contribution is 7.89. The van der Waals surface area contributed by atoms with Crippen LogP contribution in [0.5, 0.6) is 11.5 Å². The topological polar surface area (TPSA) is 128 Å². The van der Waals surface area contributed by atoms with Crippen molar-refractivity contribution in [3.8, 4) is 11.5 Å². The summed E-state index contributed by atoms with van der Waals surface area (Å²) in [4.78, 5) is 26.0. The summed E-state index contributed by atoms with van der Waals surface area (Å²) in [6.07, 6.45) is 0.0226. The van der Waals surface area contributed by atoms with Crippen molar-refractivity contribution < 1.29 is 31.9 Å². The molecule has 2 amide bonds. The maximum atomic E-state index is 14.0. The van der Waals surface area contributed by atoms with E-state index >= 15 is 0 Å². The number of carbonyl (C=O) groups excluding carboxylic acids is 2. The van der Waals surface area contributed by atoms with Gasteiger partial charge in [0.1, 0.15) is 25.1 Å². The monoisotopic (exact) mass is 477 g/mol. The second kappa shape index (κ2) is 9.36. The largest absolute Gasteiger partial charge is 0.486 e. The van der Waals surface area contributed by atoms with Crippen LogP contribution in [0.15, 0.2) is 41.3 Å². The standard InChI is InChI=1S/C22H24FN3O6S/c23-17-3-1-2-14-13-26(9-8-16(14)17)22(28)18(5-7-21(24)27)25-33(29,30)15-4-6-19-20(12-15)32-11-10-31-19/h1-4,6,12,18,25H,5,7-11,13H2,(H2,24,27). The van der Waals surface area contributed by atoms with Gasteiger partial charge in [0.25, 0.3) is 0 Å². The minimum absolute atomic E-state index is 0.102. The molecule has 2 aromatic carbocycles. The number of fused-ring (bicyclic) bond motifs is 2. The van der Waals surface area contributed by atoms with E-state index in [4.69, 9.17) is 15.2 Å². The van der Waals surface area contributed by atoms with Crippen LogP contribution in [0.2, 0.25) is 0 Å². The minimum atomic E-state index is -4.14. The van der Waals surface area contributed by atoms with Crippen LogP contribution in [0, 0.1) is 5.82 Å². The van der Waals surface area contributed by atoms with E-state index in [0.717, 1.165) is 0 Å². The lowest BCUT2D eigenvalue weighted by Gasteiger charge is -2.32. The summed E-state index contributed by atoms with van der Waals surface area (Å²) in [6.45, 7) is 1.03. The summed E-state index contributed by atoms with van der Waals surface area (Å²) in [7, 11) is -4.14. The van der Waals surface area contributed by atoms with Crippen LogP contribution < -0.4 is 19.9 Å². The first kappa shape index (κ1) is 23.0. The number of sulfonamides is 1. The van der Waals surface area contributed by atoms with Crippen molar-refractivity contribution in [3.63, 3.8) is 0 Å². The Morgan fingerprint density at radius 2 is 1.91 bits per heavy atom. The Morgan fingerprint density at radius 3 is 2.67 bits per heavy atom. The van der Waals surface area contributed by atoms with Gasteiger partial charge in [-0.1, -0.05) is 12.1 Å². The average Bonchev–Trinajstić information content (AvgIpc) is 2.80. The van der Waals surface area contributed by atoms with E-state index < -0.39 is 27.9 Å². The fourth-order valence-electron chi connectivity index (χ4n) is 3.94. The predicted molar refractivity (Wildman–Crippen MR) is 115 cm³/mol. The van der Waals surface area contributed by atoms with Gasteiger partial charge in [-0.25, -0.2) is 12.8 Å². The molecule has 2 aliphatic rings. The predicted octanol–water partition coefficient (Wildman–Crippen LogP) is 1.09. The highest BCUT2D eigenvalue weighted by Gasteiger charge is 2.32. The van der Waals surface area contributed by atoms with Gasteiger partial charge in [0.15, 0.2) is 11.5 Å². The number of hydrogen-bond acceptors (Lipinski definition) is 6. The molecule has 3 N–H and O–H groups in total. The van der Waals surface area contributed by atoms with Gasteiger partial charge in [0.05, 0.1) is 4.90 Å². The molecular weight excluding hydrogens is 453 g/mol. The molecular formula is C22H24FN3O6S. The molecule has 0 saturated heterocycles. The zero-order valence-electron chi connectivity index (χ0n) is 17.8. The molecule has 9 nitrogen and oxygen atoms in total. The molecule has 2 aromatic rings. The molecule has 11 heteroatoms. The summed E-state index contributed by atoms with van der Waals surface area (Å²) in [5.41, 5.74) is 6.45. The fourth-order valence-corrected chi connectivity index (χ4v) is 5.18. The van der Waals surface area contributed by atoms with Crippen LogP contribution in [-0.4, -0.2) is 50.9 Å². The van der Waals surface area contributed by atoms with Crippen LogP contribution >= 0.6 is 0 Å². The number of benzene rings is 2. The van der Waals surface area contributed by atoms with Crippen molar-refractivity contribution in [2.24, 2.45) is 5.73 Å². The van der Waals surface area contributed by atoms with Crippen LogP contribution in [-0.2, 0) is 32.6 Å². The van der Waals surface area contributed by atoms with Gasteiger partial charge in [-0.15, -0.1) is 0 Å². The number of nitrogens with two attached hydrogens (primary N) is 1. The number of nitrogens with one attached hydrogen (secondary N) is 1. The highest BCUT2D eigenvalue weighted by atomic mass is 32.2. The van der Waals surface area contributed by atoms with E-state index in [0.29, 0.717) is 42.3 Å². The fraction of sp³-hybridized carbons (Fsp3) is 0.364. The van der Waals surface area contributed by atoms with Crippen LogP contribution in [0.3, 0.4) is 0 Å². The summed E-state index contributed by atoms with van der Waals surface area (Å²) in [5, 5.41) is 0. The quantitative estimate of drug-likeness (QED) is 0.615. The number of primary amides is 1. The molecule has 0 radical (unpaired) electrons. The van der Waals surface area contributed by atoms with Gasteiger partial charge in [-0.05, 0) is 42.2 Å². The molecule has 0 spiro atoms. The number of carbonyl (C=O) groups is 2. The minimum Gasteiger partial charge on any atom is -0.486 e. The SMILES string of the molecule is NC(=O)CCC(NS(=O)(=O)c1ccc2c(c1)OCCO2)C(=O)N1CCc2c(F)cccc2C1. The van der Waals surface area contributed by atoms with Crippen LogP contribution in [0.4, 0.5) is 4.39 Å². The second-order valence-electron chi connectivity index (χ2n) is 7.87. The molecule has 2 heterocycles. The van der Waals surface area contributed by atoms with Crippen molar-refractivity contribution >= 4 is 21.8 Å². The molecule has 0 fully saturated rings. The molecule has 0 saturated carbocycles.